The molecule has 0 bridgehead atoms. The van der Waals surface area contributed by atoms with E-state index in [-0.39, 0.29) is 11.9 Å². The summed E-state index contributed by atoms with van der Waals surface area (Å²) in [6.45, 7) is 5.10. The van der Waals surface area contributed by atoms with E-state index in [1.54, 1.807) is 0 Å². The summed E-state index contributed by atoms with van der Waals surface area (Å²) < 4.78 is 0. The van der Waals surface area contributed by atoms with Gasteiger partial charge in [0.1, 0.15) is 0 Å². The van der Waals surface area contributed by atoms with Crippen LogP contribution in [0.4, 0.5) is 5.69 Å². The molecule has 1 amide bonds. The molecule has 98 valence electrons. The van der Waals surface area contributed by atoms with E-state index in [0.29, 0.717) is 5.92 Å². The van der Waals surface area contributed by atoms with Gasteiger partial charge in [-0.1, -0.05) is 19.1 Å². The molecular formula is C15H22N2O. The zero-order valence-corrected chi connectivity index (χ0v) is 11.2. The minimum Gasteiger partial charge on any atom is -0.384 e. The van der Waals surface area contributed by atoms with E-state index in [2.05, 4.69) is 24.5 Å². The quantitative estimate of drug-likeness (QED) is 0.810. The zero-order valence-electron chi connectivity index (χ0n) is 11.2. The number of carbonyl (C=O) groups excluding carboxylic acids is 1. The van der Waals surface area contributed by atoms with Gasteiger partial charge in [0.25, 0.3) is 5.91 Å². The largest absolute Gasteiger partial charge is 0.384 e. The molecule has 1 aliphatic rings. The van der Waals surface area contributed by atoms with E-state index < -0.39 is 0 Å². The number of hydrogen-bond acceptors (Lipinski definition) is 2. The number of benzene rings is 1. The lowest BCUT2D eigenvalue weighted by Gasteiger charge is -2.15. The summed E-state index contributed by atoms with van der Waals surface area (Å²) in [4.78, 5) is 12.2. The van der Waals surface area contributed by atoms with Crippen molar-refractivity contribution < 1.29 is 4.79 Å². The fraction of sp³-hybridized carbons (Fsp3) is 0.533. The van der Waals surface area contributed by atoms with E-state index in [1.807, 2.05) is 24.3 Å². The Hall–Kier alpha value is -1.51. The number of anilines is 1. The number of rotatable bonds is 6. The summed E-state index contributed by atoms with van der Waals surface area (Å²) in [5, 5.41) is 6.40. The first-order chi connectivity index (χ1) is 8.72. The number of nitrogens with one attached hydrogen (secondary N) is 2. The molecule has 0 aromatic heterocycles. The third-order valence-corrected chi connectivity index (χ3v) is 3.43. The van der Waals surface area contributed by atoms with Crippen molar-refractivity contribution in [2.45, 2.75) is 39.2 Å². The number of carbonyl (C=O) groups is 1. The van der Waals surface area contributed by atoms with Crippen molar-refractivity contribution in [1.82, 2.24) is 5.32 Å². The predicted octanol–water partition coefficient (Wildman–Crippen LogP) is 3.04. The second-order valence-electron chi connectivity index (χ2n) is 5.07. The van der Waals surface area contributed by atoms with Crippen LogP contribution in [0.1, 0.15) is 43.5 Å². The highest BCUT2D eigenvalue weighted by molar-refractivity contribution is 5.99. The lowest BCUT2D eigenvalue weighted by atomic mass is 10.1. The highest BCUT2D eigenvalue weighted by Gasteiger charge is 2.29. The van der Waals surface area contributed by atoms with Gasteiger partial charge in [-0.25, -0.2) is 0 Å². The van der Waals surface area contributed by atoms with Crippen LogP contribution >= 0.6 is 0 Å². The Bertz CT molecular complexity index is 413. The molecule has 2 rings (SSSR count). The van der Waals surface area contributed by atoms with Crippen LogP contribution in [0.15, 0.2) is 24.3 Å². The van der Waals surface area contributed by atoms with Gasteiger partial charge in [-0.15, -0.1) is 0 Å². The Morgan fingerprint density at radius 2 is 2.11 bits per heavy atom. The van der Waals surface area contributed by atoms with E-state index in [0.717, 1.165) is 24.2 Å². The van der Waals surface area contributed by atoms with Gasteiger partial charge in [-0.3, -0.25) is 4.79 Å². The Kier molecular flexibility index (Phi) is 4.24. The second kappa shape index (κ2) is 5.89. The first kappa shape index (κ1) is 12.9. The smallest absolute Gasteiger partial charge is 0.253 e. The molecule has 1 fully saturated rings. The first-order valence-electron chi connectivity index (χ1n) is 6.86. The highest BCUT2D eigenvalue weighted by atomic mass is 16.1. The highest BCUT2D eigenvalue weighted by Crippen LogP contribution is 2.32. The third-order valence-electron chi connectivity index (χ3n) is 3.43. The molecule has 0 saturated heterocycles. The number of amides is 1. The van der Waals surface area contributed by atoms with Gasteiger partial charge in [-0.2, -0.15) is 0 Å². The molecule has 3 nitrogen and oxygen atoms in total. The third kappa shape index (κ3) is 3.25. The van der Waals surface area contributed by atoms with Crippen LogP contribution in [-0.2, 0) is 0 Å². The fourth-order valence-corrected chi connectivity index (χ4v) is 2.09. The molecule has 0 aliphatic heterocycles. The summed E-state index contributed by atoms with van der Waals surface area (Å²) in [6, 6.07) is 8.00. The summed E-state index contributed by atoms with van der Waals surface area (Å²) in [7, 11) is 0. The molecule has 1 saturated carbocycles. The van der Waals surface area contributed by atoms with E-state index in [9.17, 15) is 4.79 Å². The summed E-state index contributed by atoms with van der Waals surface area (Å²) in [5.74, 6) is 0.721. The molecule has 1 aliphatic carbocycles. The van der Waals surface area contributed by atoms with Gasteiger partial charge < -0.3 is 10.6 Å². The van der Waals surface area contributed by atoms with E-state index >= 15 is 0 Å². The maximum absolute atomic E-state index is 12.2. The standard InChI is InChI=1S/C15H22N2O/c1-3-10-16-14-7-5-4-6-13(14)15(18)17-11(2)12-8-9-12/h4-7,11-12,16H,3,8-10H2,1-2H3,(H,17,18). The maximum atomic E-state index is 12.2. The van der Waals surface area contributed by atoms with Crippen LogP contribution in [0.3, 0.4) is 0 Å². The van der Waals surface area contributed by atoms with Crippen molar-refractivity contribution in [2.75, 3.05) is 11.9 Å². The van der Waals surface area contributed by atoms with Gasteiger partial charge in [0.05, 0.1) is 5.56 Å². The molecule has 18 heavy (non-hydrogen) atoms. The normalized spacial score (nSPS) is 16.1. The monoisotopic (exact) mass is 246 g/mol. The molecule has 1 aromatic rings. The van der Waals surface area contributed by atoms with Gasteiger partial charge in [0.2, 0.25) is 0 Å². The van der Waals surface area contributed by atoms with Crippen LogP contribution in [0.25, 0.3) is 0 Å². The molecule has 1 unspecified atom stereocenters. The van der Waals surface area contributed by atoms with Gasteiger partial charge in [0.15, 0.2) is 0 Å². The minimum atomic E-state index is 0.0357. The molecule has 1 aromatic carbocycles. The Balaban J connectivity index is 2.03. The lowest BCUT2D eigenvalue weighted by molar-refractivity contribution is 0.0936. The average Bonchev–Trinajstić information content (AvgIpc) is 3.20. The molecular weight excluding hydrogens is 224 g/mol. The van der Waals surface area contributed by atoms with Crippen LogP contribution < -0.4 is 10.6 Å². The molecule has 0 radical (unpaired) electrons. The van der Waals surface area contributed by atoms with E-state index in [4.69, 9.17) is 0 Å². The van der Waals surface area contributed by atoms with Gasteiger partial charge >= 0.3 is 0 Å². The first-order valence-corrected chi connectivity index (χ1v) is 6.86. The Morgan fingerprint density at radius 3 is 2.78 bits per heavy atom. The lowest BCUT2D eigenvalue weighted by Crippen LogP contribution is -2.34. The van der Waals surface area contributed by atoms with Crippen molar-refractivity contribution in [3.05, 3.63) is 29.8 Å². The van der Waals surface area contributed by atoms with E-state index in [1.165, 1.54) is 12.8 Å². The fourth-order valence-electron chi connectivity index (χ4n) is 2.09. The van der Waals surface area contributed by atoms with Crippen molar-refractivity contribution in [1.29, 1.82) is 0 Å². The average molecular weight is 246 g/mol. The van der Waals surface area contributed by atoms with Crippen molar-refractivity contribution in [3.8, 4) is 0 Å². The van der Waals surface area contributed by atoms with Crippen molar-refractivity contribution in [3.63, 3.8) is 0 Å². The number of hydrogen-bond donors (Lipinski definition) is 2. The molecule has 1 atom stereocenters. The molecule has 0 heterocycles. The van der Waals surface area contributed by atoms with Crippen molar-refractivity contribution in [2.24, 2.45) is 5.92 Å². The van der Waals surface area contributed by atoms with Crippen LogP contribution in [-0.4, -0.2) is 18.5 Å². The summed E-state index contributed by atoms with van der Waals surface area (Å²) in [5.41, 5.74) is 1.68. The van der Waals surface area contributed by atoms with Crippen LogP contribution in [0.2, 0.25) is 0 Å². The predicted molar refractivity (Wildman–Crippen MR) is 74.9 cm³/mol. The van der Waals surface area contributed by atoms with Crippen LogP contribution in [0.5, 0.6) is 0 Å². The SMILES string of the molecule is CCCNc1ccccc1C(=O)NC(C)C1CC1. The summed E-state index contributed by atoms with van der Waals surface area (Å²) >= 11 is 0. The minimum absolute atomic E-state index is 0.0357. The molecule has 3 heteroatoms. The topological polar surface area (TPSA) is 41.1 Å². The second-order valence-corrected chi connectivity index (χ2v) is 5.07. The van der Waals surface area contributed by atoms with Crippen molar-refractivity contribution >= 4 is 11.6 Å². The Labute approximate surface area is 109 Å². The molecule has 0 spiro atoms. The summed E-state index contributed by atoms with van der Waals surface area (Å²) in [6.07, 6.45) is 3.54. The number of para-hydroxylation sites is 1. The molecule has 2 N–H and O–H groups in total. The zero-order chi connectivity index (χ0) is 13.0. The van der Waals surface area contributed by atoms with Crippen LogP contribution in [0, 0.1) is 5.92 Å². The maximum Gasteiger partial charge on any atom is 0.253 e. The van der Waals surface area contributed by atoms with Gasteiger partial charge in [-0.05, 0) is 44.2 Å². The van der Waals surface area contributed by atoms with Gasteiger partial charge in [0, 0.05) is 18.3 Å². The Morgan fingerprint density at radius 1 is 1.39 bits per heavy atom.